The molecule has 0 aliphatic heterocycles. The van der Waals surface area contributed by atoms with Crippen molar-refractivity contribution < 1.29 is 18.0 Å². The number of likely N-dealkylation sites (N-methyl/N-ethyl adjacent to an activating group) is 1. The Kier molecular flexibility index (Phi) is 10.3. The molecule has 0 heterocycles. The molecular weight excluding hydrogens is 581 g/mol. The van der Waals surface area contributed by atoms with Crippen LogP contribution in [0.4, 0.5) is 5.69 Å². The lowest BCUT2D eigenvalue weighted by molar-refractivity contribution is -0.140. The summed E-state index contributed by atoms with van der Waals surface area (Å²) in [6, 6.07) is 15.2. The maximum Gasteiger partial charge on any atom is 0.264 e. The minimum absolute atomic E-state index is 0.0225. The van der Waals surface area contributed by atoms with Crippen LogP contribution in [-0.2, 0) is 26.2 Å². The maximum absolute atomic E-state index is 14.0. The lowest BCUT2D eigenvalue weighted by Gasteiger charge is -2.33. The third-order valence-electron chi connectivity index (χ3n) is 6.34. The zero-order chi connectivity index (χ0) is 28.9. The number of rotatable bonds is 10. The summed E-state index contributed by atoms with van der Waals surface area (Å²) in [4.78, 5) is 28.2. The molecule has 11 heteroatoms. The Morgan fingerprint density at radius 1 is 0.949 bits per heavy atom. The van der Waals surface area contributed by atoms with E-state index in [1.165, 1.54) is 24.1 Å². The van der Waals surface area contributed by atoms with Crippen molar-refractivity contribution in [2.45, 2.75) is 44.7 Å². The first-order valence-corrected chi connectivity index (χ1v) is 14.8. The van der Waals surface area contributed by atoms with E-state index in [9.17, 15) is 18.0 Å². The van der Waals surface area contributed by atoms with E-state index in [0.717, 1.165) is 9.87 Å². The highest BCUT2D eigenvalue weighted by Crippen LogP contribution is 2.31. The molecule has 0 saturated carbocycles. The fourth-order valence-corrected chi connectivity index (χ4v) is 6.41. The predicted octanol–water partition coefficient (Wildman–Crippen LogP) is 6.01. The normalized spacial score (nSPS) is 12.1. The Labute approximate surface area is 244 Å². The van der Waals surface area contributed by atoms with E-state index >= 15 is 0 Å². The lowest BCUT2D eigenvalue weighted by atomic mass is 10.1. The molecule has 0 spiro atoms. The van der Waals surface area contributed by atoms with Gasteiger partial charge < -0.3 is 10.2 Å². The van der Waals surface area contributed by atoms with Crippen LogP contribution in [-0.4, -0.2) is 44.8 Å². The van der Waals surface area contributed by atoms with Gasteiger partial charge in [0.1, 0.15) is 12.6 Å². The van der Waals surface area contributed by atoms with Gasteiger partial charge >= 0.3 is 0 Å². The van der Waals surface area contributed by atoms with Gasteiger partial charge in [-0.15, -0.1) is 0 Å². The van der Waals surface area contributed by atoms with Gasteiger partial charge in [0.25, 0.3) is 10.0 Å². The lowest BCUT2D eigenvalue weighted by Crippen LogP contribution is -2.52. The molecule has 7 nitrogen and oxygen atoms in total. The highest BCUT2D eigenvalue weighted by atomic mass is 35.5. The topological polar surface area (TPSA) is 86.8 Å². The van der Waals surface area contributed by atoms with Gasteiger partial charge in [0, 0.05) is 34.2 Å². The summed E-state index contributed by atoms with van der Waals surface area (Å²) >= 11 is 18.9. The first kappa shape index (κ1) is 30.8. The van der Waals surface area contributed by atoms with Crippen molar-refractivity contribution in [1.29, 1.82) is 0 Å². The number of benzene rings is 3. The van der Waals surface area contributed by atoms with Crippen LogP contribution in [0.5, 0.6) is 0 Å². The van der Waals surface area contributed by atoms with Gasteiger partial charge in [-0.25, -0.2) is 8.42 Å². The van der Waals surface area contributed by atoms with Crippen molar-refractivity contribution in [3.63, 3.8) is 0 Å². The molecule has 0 bridgehead atoms. The van der Waals surface area contributed by atoms with Crippen LogP contribution in [0.15, 0.2) is 65.6 Å². The first-order valence-electron chi connectivity index (χ1n) is 12.2. The average Bonchev–Trinajstić information content (AvgIpc) is 2.89. The van der Waals surface area contributed by atoms with Crippen LogP contribution in [0, 0.1) is 13.8 Å². The Morgan fingerprint density at radius 2 is 1.56 bits per heavy atom. The van der Waals surface area contributed by atoms with Crippen molar-refractivity contribution in [3.05, 3.63) is 92.4 Å². The molecule has 1 atom stereocenters. The fourth-order valence-electron chi connectivity index (χ4n) is 4.19. The van der Waals surface area contributed by atoms with Crippen molar-refractivity contribution >= 4 is 62.3 Å². The van der Waals surface area contributed by atoms with E-state index < -0.39 is 34.4 Å². The van der Waals surface area contributed by atoms with E-state index in [-0.39, 0.29) is 23.5 Å². The van der Waals surface area contributed by atoms with Gasteiger partial charge in [0.2, 0.25) is 11.8 Å². The Morgan fingerprint density at radius 3 is 2.10 bits per heavy atom. The van der Waals surface area contributed by atoms with E-state index in [1.54, 1.807) is 62.4 Å². The smallest absolute Gasteiger partial charge is 0.264 e. The summed E-state index contributed by atoms with van der Waals surface area (Å²) in [5, 5.41) is 3.66. The number of hydrogen-bond acceptors (Lipinski definition) is 4. The Hall–Kier alpha value is -2.78. The molecule has 39 heavy (non-hydrogen) atoms. The molecule has 0 fully saturated rings. The van der Waals surface area contributed by atoms with Crippen LogP contribution < -0.4 is 9.62 Å². The van der Waals surface area contributed by atoms with E-state index in [2.05, 4.69) is 5.32 Å². The van der Waals surface area contributed by atoms with Gasteiger partial charge in [-0.2, -0.15) is 0 Å². The highest BCUT2D eigenvalue weighted by Gasteiger charge is 2.34. The van der Waals surface area contributed by atoms with Gasteiger partial charge in [0.15, 0.2) is 0 Å². The average molecular weight is 611 g/mol. The number of sulfonamides is 1. The van der Waals surface area contributed by atoms with E-state index in [0.29, 0.717) is 26.2 Å². The molecule has 1 unspecified atom stereocenters. The molecule has 0 aliphatic carbocycles. The van der Waals surface area contributed by atoms with Gasteiger partial charge in [-0.1, -0.05) is 65.5 Å². The molecule has 3 rings (SSSR count). The Bertz CT molecular complexity index is 1440. The van der Waals surface area contributed by atoms with Gasteiger partial charge in [-0.05, 0) is 68.3 Å². The number of anilines is 1. The number of hydrogen-bond donors (Lipinski definition) is 1. The molecule has 0 saturated heterocycles. The second-order valence-electron chi connectivity index (χ2n) is 9.02. The van der Waals surface area contributed by atoms with E-state index in [4.69, 9.17) is 34.8 Å². The summed E-state index contributed by atoms with van der Waals surface area (Å²) in [5.41, 5.74) is 2.19. The summed E-state index contributed by atoms with van der Waals surface area (Å²) in [5.74, 6) is -1.00. The number of carbonyl (C=O) groups excluding carboxylic acids is 2. The molecule has 0 aliphatic rings. The Balaban J connectivity index is 2.13. The number of halogens is 3. The first-order chi connectivity index (χ1) is 18.4. The number of aryl methyl sites for hydroxylation is 2. The second-order valence-corrected chi connectivity index (χ2v) is 12.1. The summed E-state index contributed by atoms with van der Waals surface area (Å²) < 4.78 is 28.9. The summed E-state index contributed by atoms with van der Waals surface area (Å²) in [6.45, 7) is 4.65. The van der Waals surface area contributed by atoms with Crippen molar-refractivity contribution in [2.24, 2.45) is 0 Å². The molecule has 3 aromatic carbocycles. The number of nitrogens with one attached hydrogen (secondary N) is 1. The van der Waals surface area contributed by atoms with Crippen molar-refractivity contribution in [2.75, 3.05) is 17.9 Å². The maximum atomic E-state index is 14.0. The van der Waals surface area contributed by atoms with Crippen molar-refractivity contribution in [1.82, 2.24) is 10.2 Å². The standard InChI is InChI=1S/C28H30Cl3N3O4S/c1-5-25(28(36)32-4)33(16-22-23(30)7-6-8-24(22)31)27(35)17-34(26-14-11-20(29)15-19(26)3)39(37,38)21-12-9-18(2)10-13-21/h6-15,25H,5,16-17H2,1-4H3,(H,32,36). The third kappa shape index (κ3) is 7.06. The van der Waals surface area contributed by atoms with Crippen LogP contribution in [0.3, 0.4) is 0 Å². The van der Waals surface area contributed by atoms with Crippen LogP contribution in [0.2, 0.25) is 15.1 Å². The largest absolute Gasteiger partial charge is 0.357 e. The quantitative estimate of drug-likeness (QED) is 0.305. The molecule has 208 valence electrons. The van der Waals surface area contributed by atoms with Crippen LogP contribution in [0.25, 0.3) is 0 Å². The third-order valence-corrected chi connectivity index (χ3v) is 9.06. The minimum atomic E-state index is -4.19. The molecule has 0 aromatic heterocycles. The zero-order valence-corrected chi connectivity index (χ0v) is 25.1. The zero-order valence-electron chi connectivity index (χ0n) is 22.0. The number of amides is 2. The number of nitrogens with zero attached hydrogens (tertiary/aromatic N) is 2. The van der Waals surface area contributed by atoms with E-state index in [1.807, 2.05) is 6.92 Å². The summed E-state index contributed by atoms with van der Waals surface area (Å²) in [6.07, 6.45) is 0.276. The highest BCUT2D eigenvalue weighted by molar-refractivity contribution is 7.92. The van der Waals surface area contributed by atoms with Crippen LogP contribution in [0.1, 0.15) is 30.0 Å². The minimum Gasteiger partial charge on any atom is -0.357 e. The second kappa shape index (κ2) is 13.0. The van der Waals surface area contributed by atoms with Crippen LogP contribution >= 0.6 is 34.8 Å². The molecule has 2 amide bonds. The fraction of sp³-hybridized carbons (Fsp3) is 0.286. The van der Waals surface area contributed by atoms with Gasteiger partial charge in [0.05, 0.1) is 10.6 Å². The molecule has 1 N–H and O–H groups in total. The molecule has 3 aromatic rings. The van der Waals surface area contributed by atoms with Crippen molar-refractivity contribution in [3.8, 4) is 0 Å². The molecule has 0 radical (unpaired) electrons. The molecular formula is C28H30Cl3N3O4S. The summed E-state index contributed by atoms with van der Waals surface area (Å²) in [7, 11) is -2.72. The monoisotopic (exact) mass is 609 g/mol. The van der Waals surface area contributed by atoms with Gasteiger partial charge in [-0.3, -0.25) is 13.9 Å². The SMILES string of the molecule is CCC(C(=O)NC)N(Cc1c(Cl)cccc1Cl)C(=O)CN(c1ccc(Cl)cc1C)S(=O)(=O)c1ccc(C)cc1. The predicted molar refractivity (Wildman–Crippen MR) is 157 cm³/mol. The number of carbonyl (C=O) groups is 2.